The lowest BCUT2D eigenvalue weighted by atomic mass is 9.47. The van der Waals surface area contributed by atoms with E-state index in [4.69, 9.17) is 19.2 Å². The second-order valence-corrected chi connectivity index (χ2v) is 7.82. The van der Waals surface area contributed by atoms with Crippen LogP contribution in [0.15, 0.2) is 24.3 Å². The van der Waals surface area contributed by atoms with Crippen LogP contribution >= 0.6 is 0 Å². The molecule has 1 atom stereocenters. The maximum absolute atomic E-state index is 6.04. The Morgan fingerprint density at radius 3 is 2.17 bits per heavy atom. The van der Waals surface area contributed by atoms with Crippen LogP contribution in [-0.4, -0.2) is 19.8 Å². The van der Waals surface area contributed by atoms with E-state index in [1.165, 1.54) is 32.1 Å². The minimum absolute atomic E-state index is 0.318. The molecule has 4 heteroatoms. The van der Waals surface area contributed by atoms with Crippen molar-refractivity contribution >= 4 is 0 Å². The van der Waals surface area contributed by atoms with Crippen molar-refractivity contribution < 1.29 is 19.2 Å². The third-order valence-electron chi connectivity index (χ3n) is 6.90. The Labute approximate surface area is 137 Å². The first kappa shape index (κ1) is 14.3. The quantitative estimate of drug-likeness (QED) is 0.798. The molecule has 0 aromatic heterocycles. The molecule has 1 saturated heterocycles. The summed E-state index contributed by atoms with van der Waals surface area (Å²) in [5, 5.41) is 0. The molecule has 5 fully saturated rings. The van der Waals surface area contributed by atoms with Gasteiger partial charge in [0.05, 0.1) is 7.11 Å². The van der Waals surface area contributed by atoms with E-state index in [-0.39, 0.29) is 5.60 Å². The molecule has 1 spiro atoms. The van der Waals surface area contributed by atoms with Crippen LogP contribution in [0.25, 0.3) is 0 Å². The molecule has 0 radical (unpaired) electrons. The van der Waals surface area contributed by atoms with Crippen LogP contribution in [0, 0.1) is 23.7 Å². The molecule has 4 aliphatic carbocycles. The average Bonchev–Trinajstić information content (AvgIpc) is 2.54. The summed E-state index contributed by atoms with van der Waals surface area (Å²) >= 11 is 0. The molecule has 124 valence electrons. The van der Waals surface area contributed by atoms with Crippen LogP contribution in [0.3, 0.4) is 0 Å². The molecule has 1 heterocycles. The van der Waals surface area contributed by atoms with Gasteiger partial charge in [-0.05, 0) is 67.9 Å². The van der Waals surface area contributed by atoms with Gasteiger partial charge in [-0.15, -0.1) is 0 Å². The van der Waals surface area contributed by atoms with Crippen molar-refractivity contribution in [1.82, 2.24) is 0 Å². The van der Waals surface area contributed by atoms with Crippen molar-refractivity contribution in [3.05, 3.63) is 29.8 Å². The number of benzene rings is 1. The fourth-order valence-corrected chi connectivity index (χ4v) is 6.18. The molecule has 23 heavy (non-hydrogen) atoms. The van der Waals surface area contributed by atoms with E-state index in [1.807, 2.05) is 18.2 Å². The van der Waals surface area contributed by atoms with Crippen LogP contribution in [0.2, 0.25) is 0 Å². The van der Waals surface area contributed by atoms with Gasteiger partial charge in [0.2, 0.25) is 0 Å². The van der Waals surface area contributed by atoms with Gasteiger partial charge in [-0.25, -0.2) is 4.89 Å². The number of methoxy groups -OCH3 is 2. The van der Waals surface area contributed by atoms with Crippen molar-refractivity contribution in [3.8, 4) is 5.75 Å². The fourth-order valence-electron chi connectivity index (χ4n) is 6.18. The van der Waals surface area contributed by atoms with Crippen LogP contribution in [0.1, 0.15) is 37.7 Å². The van der Waals surface area contributed by atoms with Gasteiger partial charge in [-0.3, -0.25) is 0 Å². The third kappa shape index (κ3) is 1.62. The Morgan fingerprint density at radius 1 is 0.957 bits per heavy atom. The molecular formula is C19H24O4. The van der Waals surface area contributed by atoms with Gasteiger partial charge in [0.25, 0.3) is 5.79 Å². The summed E-state index contributed by atoms with van der Waals surface area (Å²) in [6.45, 7) is 0. The predicted molar refractivity (Wildman–Crippen MR) is 83.6 cm³/mol. The highest BCUT2D eigenvalue weighted by Crippen LogP contribution is 2.69. The normalized spacial score (nSPS) is 46.9. The zero-order valence-electron chi connectivity index (χ0n) is 13.8. The van der Waals surface area contributed by atoms with E-state index in [1.54, 1.807) is 14.2 Å². The highest BCUT2D eigenvalue weighted by Gasteiger charge is 2.76. The minimum atomic E-state index is -0.788. The van der Waals surface area contributed by atoms with Gasteiger partial charge < -0.3 is 9.47 Å². The Kier molecular flexibility index (Phi) is 2.92. The maximum Gasteiger partial charge on any atom is 0.260 e. The lowest BCUT2D eigenvalue weighted by Gasteiger charge is -2.68. The first-order valence-electron chi connectivity index (χ1n) is 8.78. The first-order valence-corrected chi connectivity index (χ1v) is 8.78. The van der Waals surface area contributed by atoms with E-state index in [9.17, 15) is 0 Å². The van der Waals surface area contributed by atoms with E-state index in [2.05, 4.69) is 6.07 Å². The molecule has 1 aromatic carbocycles. The van der Waals surface area contributed by atoms with E-state index >= 15 is 0 Å². The van der Waals surface area contributed by atoms with Gasteiger partial charge in [0, 0.05) is 12.7 Å². The lowest BCUT2D eigenvalue weighted by Crippen LogP contribution is -2.76. The predicted octanol–water partition coefficient (Wildman–Crippen LogP) is 3.65. The molecular weight excluding hydrogens is 292 g/mol. The number of rotatable bonds is 3. The minimum Gasteiger partial charge on any atom is -0.497 e. The van der Waals surface area contributed by atoms with Crippen LogP contribution in [-0.2, 0) is 20.3 Å². The summed E-state index contributed by atoms with van der Waals surface area (Å²) in [4.78, 5) is 11.7. The zero-order valence-corrected chi connectivity index (χ0v) is 13.8. The van der Waals surface area contributed by atoms with Crippen LogP contribution in [0.4, 0.5) is 0 Å². The number of hydrogen-bond acceptors (Lipinski definition) is 4. The van der Waals surface area contributed by atoms with Crippen molar-refractivity contribution in [3.63, 3.8) is 0 Å². The molecule has 4 bridgehead atoms. The van der Waals surface area contributed by atoms with E-state index in [0.717, 1.165) is 23.1 Å². The number of ether oxygens (including phenoxy) is 2. The summed E-state index contributed by atoms with van der Waals surface area (Å²) < 4.78 is 11.4. The molecule has 0 amide bonds. The summed E-state index contributed by atoms with van der Waals surface area (Å²) in [7, 11) is 3.43. The Bertz CT molecular complexity index is 596. The average molecular weight is 316 g/mol. The smallest absolute Gasteiger partial charge is 0.260 e. The van der Waals surface area contributed by atoms with Crippen molar-refractivity contribution in [2.45, 2.75) is 43.5 Å². The molecule has 1 aliphatic heterocycles. The fraction of sp³-hybridized carbons (Fsp3) is 0.684. The van der Waals surface area contributed by atoms with Gasteiger partial charge in [-0.2, -0.15) is 4.89 Å². The summed E-state index contributed by atoms with van der Waals surface area (Å²) in [5.41, 5.74) is 0.694. The molecule has 0 N–H and O–H groups in total. The topological polar surface area (TPSA) is 36.9 Å². The summed E-state index contributed by atoms with van der Waals surface area (Å²) in [6.07, 6.45) is 6.44. The molecule has 5 aliphatic rings. The third-order valence-corrected chi connectivity index (χ3v) is 6.90. The largest absolute Gasteiger partial charge is 0.497 e. The van der Waals surface area contributed by atoms with Crippen molar-refractivity contribution in [2.75, 3.05) is 14.2 Å². The van der Waals surface area contributed by atoms with Gasteiger partial charge in [0.1, 0.15) is 5.75 Å². The van der Waals surface area contributed by atoms with Crippen molar-refractivity contribution in [2.24, 2.45) is 23.7 Å². The first-order chi connectivity index (χ1) is 11.2. The zero-order chi connectivity index (χ0) is 15.7. The highest BCUT2D eigenvalue weighted by molar-refractivity contribution is 5.36. The SMILES string of the molecule is COc1cccc(C2(OC)OOC23C2CC4CC(C2)CC3C4)c1. The van der Waals surface area contributed by atoms with Crippen LogP contribution < -0.4 is 4.74 Å². The van der Waals surface area contributed by atoms with Gasteiger partial charge in [-0.1, -0.05) is 12.1 Å². The number of hydrogen-bond donors (Lipinski definition) is 0. The Morgan fingerprint density at radius 2 is 1.65 bits per heavy atom. The molecule has 4 nitrogen and oxygen atoms in total. The Balaban J connectivity index is 1.60. The Hall–Kier alpha value is -1.10. The van der Waals surface area contributed by atoms with E-state index in [0.29, 0.717) is 11.8 Å². The van der Waals surface area contributed by atoms with Crippen LogP contribution in [0.5, 0.6) is 5.75 Å². The van der Waals surface area contributed by atoms with E-state index < -0.39 is 5.79 Å². The summed E-state index contributed by atoms with van der Waals surface area (Å²) in [5.74, 6) is 2.88. The molecule has 1 aromatic rings. The maximum atomic E-state index is 6.04. The van der Waals surface area contributed by atoms with Crippen molar-refractivity contribution in [1.29, 1.82) is 0 Å². The molecule has 4 saturated carbocycles. The molecule has 1 unspecified atom stereocenters. The lowest BCUT2D eigenvalue weighted by molar-refractivity contribution is -0.645. The molecule has 6 rings (SSSR count). The second kappa shape index (κ2) is 4.71. The monoisotopic (exact) mass is 316 g/mol. The standard InChI is InChI=1S/C19H24O4/c1-20-17-5-3-4-14(11-17)19(21-2)18(22-23-19)15-7-12-6-13(9-15)10-16(18)8-12/h3-5,11-13,15-16H,6-10H2,1-2H3. The second-order valence-electron chi connectivity index (χ2n) is 7.82. The van der Waals surface area contributed by atoms with Gasteiger partial charge in [0.15, 0.2) is 5.60 Å². The van der Waals surface area contributed by atoms with Gasteiger partial charge >= 0.3 is 0 Å². The summed E-state index contributed by atoms with van der Waals surface area (Å²) in [6, 6.07) is 8.05. The highest BCUT2D eigenvalue weighted by atomic mass is 17.3.